The third kappa shape index (κ3) is 3.63. The molecule has 3 heterocycles. The van der Waals surface area contributed by atoms with Gasteiger partial charge in [-0.2, -0.15) is 0 Å². The molecule has 3 atom stereocenters. The van der Waals surface area contributed by atoms with E-state index in [0.717, 1.165) is 39.3 Å². The lowest BCUT2D eigenvalue weighted by atomic mass is 10.1. The van der Waals surface area contributed by atoms with Gasteiger partial charge in [-0.05, 0) is 18.4 Å². The largest absolute Gasteiger partial charge is 0.461 e. The summed E-state index contributed by atoms with van der Waals surface area (Å²) in [6.07, 6.45) is 0.789. The van der Waals surface area contributed by atoms with Gasteiger partial charge >= 0.3 is 5.97 Å². The molecule has 0 radical (unpaired) electrons. The van der Waals surface area contributed by atoms with Crippen LogP contribution in [0, 0.1) is 0 Å². The Balaban J connectivity index is 1.63. The molecule has 116 valence electrons. The highest BCUT2D eigenvalue weighted by Crippen LogP contribution is 2.26. The maximum absolute atomic E-state index is 11.7. The fraction of sp³-hybridized carbons (Fsp3) is 0.667. The fourth-order valence-corrected chi connectivity index (χ4v) is 3.82. The highest BCUT2D eigenvalue weighted by molar-refractivity contribution is 7.10. The molecule has 0 unspecified atom stereocenters. The average Bonchev–Trinajstić information content (AvgIpc) is 3.11. The van der Waals surface area contributed by atoms with E-state index in [9.17, 15) is 4.79 Å². The second-order valence-electron chi connectivity index (χ2n) is 5.62. The molecular formula is C15H22N2O3S. The Labute approximate surface area is 129 Å². The van der Waals surface area contributed by atoms with Gasteiger partial charge in [0.25, 0.3) is 0 Å². The van der Waals surface area contributed by atoms with Crippen molar-refractivity contribution in [2.24, 2.45) is 0 Å². The van der Waals surface area contributed by atoms with Crippen LogP contribution in [0.4, 0.5) is 0 Å². The fourth-order valence-electron chi connectivity index (χ4n) is 2.96. The van der Waals surface area contributed by atoms with Crippen molar-refractivity contribution in [1.82, 2.24) is 10.2 Å². The maximum Gasteiger partial charge on any atom is 0.323 e. The number of nitrogens with zero attached hydrogens (tertiary/aromatic N) is 1. The highest BCUT2D eigenvalue weighted by Gasteiger charge is 2.33. The van der Waals surface area contributed by atoms with Gasteiger partial charge in [0.2, 0.25) is 0 Å². The Kier molecular flexibility index (Phi) is 4.90. The quantitative estimate of drug-likeness (QED) is 0.834. The molecule has 5 nitrogen and oxygen atoms in total. The highest BCUT2D eigenvalue weighted by atomic mass is 32.1. The molecule has 1 N–H and O–H groups in total. The predicted molar refractivity (Wildman–Crippen MR) is 81.4 cm³/mol. The van der Waals surface area contributed by atoms with Crippen LogP contribution in [0.25, 0.3) is 0 Å². The Hall–Kier alpha value is -0.950. The standard InChI is InChI=1S/C15H22N2O3S/c1-11-9-12(15(18)20-11)16-10-13(14-3-2-8-21-14)17-4-6-19-7-5-17/h2-3,8,11-13,16H,4-7,9-10H2,1H3/t11-,12+,13-/m1/s1. The van der Waals surface area contributed by atoms with Crippen molar-refractivity contribution in [3.05, 3.63) is 22.4 Å². The van der Waals surface area contributed by atoms with E-state index >= 15 is 0 Å². The Morgan fingerprint density at radius 1 is 1.48 bits per heavy atom. The number of rotatable bonds is 5. The van der Waals surface area contributed by atoms with E-state index in [0.29, 0.717) is 6.04 Å². The molecule has 0 bridgehead atoms. The summed E-state index contributed by atoms with van der Waals surface area (Å²) in [5, 5.41) is 5.50. The van der Waals surface area contributed by atoms with E-state index in [2.05, 4.69) is 27.7 Å². The molecule has 0 aliphatic carbocycles. The van der Waals surface area contributed by atoms with Gasteiger partial charge < -0.3 is 14.8 Å². The SMILES string of the molecule is C[C@@H]1C[C@H](NC[C@H](c2cccs2)N2CCOCC2)C(=O)O1. The minimum absolute atomic E-state index is 0.0265. The van der Waals surface area contributed by atoms with Gasteiger partial charge in [0.05, 0.1) is 19.3 Å². The molecule has 3 rings (SSSR count). The van der Waals surface area contributed by atoms with Gasteiger partial charge in [-0.3, -0.25) is 9.69 Å². The van der Waals surface area contributed by atoms with Gasteiger partial charge in [0.1, 0.15) is 12.1 Å². The lowest BCUT2D eigenvalue weighted by Gasteiger charge is -2.34. The molecular weight excluding hydrogens is 288 g/mol. The van der Waals surface area contributed by atoms with Crippen LogP contribution in [0.2, 0.25) is 0 Å². The molecule has 1 aromatic rings. The van der Waals surface area contributed by atoms with Crippen LogP contribution < -0.4 is 5.32 Å². The van der Waals surface area contributed by atoms with Gasteiger partial charge in [-0.15, -0.1) is 11.3 Å². The summed E-state index contributed by atoms with van der Waals surface area (Å²) in [5.74, 6) is -0.116. The third-order valence-corrected chi connectivity index (χ3v) is 5.06. The van der Waals surface area contributed by atoms with Crippen LogP contribution in [0.5, 0.6) is 0 Å². The van der Waals surface area contributed by atoms with Crippen molar-refractivity contribution in [2.75, 3.05) is 32.8 Å². The zero-order chi connectivity index (χ0) is 14.7. The van der Waals surface area contributed by atoms with Crippen LogP contribution in [0.1, 0.15) is 24.3 Å². The Bertz CT molecular complexity index is 459. The predicted octanol–water partition coefficient (Wildman–Crippen LogP) is 1.42. The molecule has 21 heavy (non-hydrogen) atoms. The van der Waals surface area contributed by atoms with Gasteiger partial charge in [0.15, 0.2) is 0 Å². The molecule has 0 spiro atoms. The van der Waals surface area contributed by atoms with E-state index in [1.165, 1.54) is 4.88 Å². The lowest BCUT2D eigenvalue weighted by molar-refractivity contribution is -0.142. The smallest absolute Gasteiger partial charge is 0.323 e. The molecule has 2 saturated heterocycles. The van der Waals surface area contributed by atoms with E-state index < -0.39 is 0 Å². The molecule has 1 aromatic heterocycles. The number of cyclic esters (lactones) is 1. The second kappa shape index (κ2) is 6.87. The molecule has 0 amide bonds. The van der Waals surface area contributed by atoms with E-state index in [1.54, 1.807) is 11.3 Å². The summed E-state index contributed by atoms with van der Waals surface area (Å²) >= 11 is 1.77. The molecule has 2 aliphatic heterocycles. The summed E-state index contributed by atoms with van der Waals surface area (Å²) in [6.45, 7) is 6.16. The number of carbonyl (C=O) groups is 1. The van der Waals surface area contributed by atoms with Gasteiger partial charge in [0, 0.05) is 30.9 Å². The zero-order valence-electron chi connectivity index (χ0n) is 12.3. The molecule has 0 saturated carbocycles. The van der Waals surface area contributed by atoms with Crippen LogP contribution in [-0.4, -0.2) is 55.9 Å². The van der Waals surface area contributed by atoms with E-state index in [-0.39, 0.29) is 18.1 Å². The number of carbonyl (C=O) groups excluding carboxylic acids is 1. The van der Waals surface area contributed by atoms with Crippen molar-refractivity contribution >= 4 is 17.3 Å². The normalized spacial score (nSPS) is 28.5. The van der Waals surface area contributed by atoms with Crippen molar-refractivity contribution in [2.45, 2.75) is 31.5 Å². The molecule has 2 aliphatic rings. The lowest BCUT2D eigenvalue weighted by Crippen LogP contribution is -2.45. The summed E-state index contributed by atoms with van der Waals surface area (Å²) in [5.41, 5.74) is 0. The first-order valence-electron chi connectivity index (χ1n) is 7.53. The van der Waals surface area contributed by atoms with E-state index in [1.807, 2.05) is 6.92 Å². The Morgan fingerprint density at radius 2 is 2.29 bits per heavy atom. The summed E-state index contributed by atoms with van der Waals surface area (Å²) in [4.78, 5) is 15.5. The van der Waals surface area contributed by atoms with Crippen LogP contribution in [-0.2, 0) is 14.3 Å². The number of hydrogen-bond acceptors (Lipinski definition) is 6. The van der Waals surface area contributed by atoms with Crippen molar-refractivity contribution < 1.29 is 14.3 Å². The second-order valence-corrected chi connectivity index (χ2v) is 6.60. The topological polar surface area (TPSA) is 50.8 Å². The van der Waals surface area contributed by atoms with Gasteiger partial charge in [-0.25, -0.2) is 0 Å². The number of thiophene rings is 1. The number of hydrogen-bond donors (Lipinski definition) is 1. The number of esters is 1. The number of ether oxygens (including phenoxy) is 2. The molecule has 2 fully saturated rings. The monoisotopic (exact) mass is 310 g/mol. The molecule has 0 aromatic carbocycles. The molecule has 6 heteroatoms. The van der Waals surface area contributed by atoms with Crippen LogP contribution in [0.15, 0.2) is 17.5 Å². The van der Waals surface area contributed by atoms with Crippen LogP contribution in [0.3, 0.4) is 0 Å². The third-order valence-electron chi connectivity index (χ3n) is 4.09. The maximum atomic E-state index is 11.7. The summed E-state index contributed by atoms with van der Waals surface area (Å²) < 4.78 is 10.7. The number of morpholine rings is 1. The van der Waals surface area contributed by atoms with Crippen molar-refractivity contribution in [3.8, 4) is 0 Å². The number of nitrogens with one attached hydrogen (secondary N) is 1. The van der Waals surface area contributed by atoms with Crippen molar-refractivity contribution in [1.29, 1.82) is 0 Å². The van der Waals surface area contributed by atoms with E-state index in [4.69, 9.17) is 9.47 Å². The zero-order valence-corrected chi connectivity index (χ0v) is 13.1. The first kappa shape index (κ1) is 15.0. The Morgan fingerprint density at radius 3 is 2.90 bits per heavy atom. The minimum Gasteiger partial charge on any atom is -0.461 e. The first-order valence-corrected chi connectivity index (χ1v) is 8.41. The summed E-state index contributed by atoms with van der Waals surface area (Å²) in [6, 6.07) is 4.39. The van der Waals surface area contributed by atoms with Crippen LogP contribution >= 0.6 is 11.3 Å². The minimum atomic E-state index is -0.163. The first-order chi connectivity index (χ1) is 10.2. The van der Waals surface area contributed by atoms with Crippen molar-refractivity contribution in [3.63, 3.8) is 0 Å². The summed E-state index contributed by atoms with van der Waals surface area (Å²) in [7, 11) is 0. The van der Waals surface area contributed by atoms with Gasteiger partial charge in [-0.1, -0.05) is 6.07 Å². The average molecular weight is 310 g/mol.